The zero-order valence-electron chi connectivity index (χ0n) is 11.6. The Morgan fingerprint density at radius 2 is 1.48 bits per heavy atom. The summed E-state index contributed by atoms with van der Waals surface area (Å²) in [6.45, 7) is 0.492. The molecule has 0 amide bonds. The fourth-order valence-corrected chi connectivity index (χ4v) is 3.50. The van der Waals surface area contributed by atoms with Crippen LogP contribution < -0.4 is 0 Å². The second-order valence-electron chi connectivity index (χ2n) is 5.80. The lowest BCUT2D eigenvalue weighted by atomic mass is 9.82. The molecule has 1 unspecified atom stereocenters. The lowest BCUT2D eigenvalue weighted by Crippen LogP contribution is -2.34. The van der Waals surface area contributed by atoms with Crippen LogP contribution in [0.1, 0.15) is 23.3 Å². The summed E-state index contributed by atoms with van der Waals surface area (Å²) in [5, 5.41) is 0. The average molecular weight is 284 g/mol. The van der Waals surface area contributed by atoms with Crippen molar-refractivity contribution in [2.24, 2.45) is 5.92 Å². The zero-order valence-corrected chi connectivity index (χ0v) is 11.6. The maximum atomic E-state index is 15.5. The molecule has 2 aromatic rings. The van der Waals surface area contributed by atoms with E-state index >= 15 is 4.39 Å². The molecule has 2 fully saturated rings. The van der Waals surface area contributed by atoms with Crippen molar-refractivity contribution in [2.45, 2.75) is 17.9 Å². The largest absolute Gasteiger partial charge is 0.370 e. The molecule has 0 saturated carbocycles. The average Bonchev–Trinajstić information content (AvgIpc) is 3.03. The third-order valence-corrected chi connectivity index (χ3v) is 4.57. The van der Waals surface area contributed by atoms with Gasteiger partial charge in [0.1, 0.15) is 6.10 Å². The van der Waals surface area contributed by atoms with E-state index in [1.54, 1.807) is 0 Å². The van der Waals surface area contributed by atoms with Crippen LogP contribution in [0.2, 0.25) is 0 Å². The van der Waals surface area contributed by atoms with E-state index in [1.165, 1.54) is 0 Å². The zero-order chi connectivity index (χ0) is 14.3. The number of alkyl halides is 1. The van der Waals surface area contributed by atoms with Gasteiger partial charge in [-0.15, -0.1) is 0 Å². The molecular weight excluding hydrogens is 267 g/mol. The van der Waals surface area contributed by atoms with E-state index in [4.69, 9.17) is 9.47 Å². The van der Waals surface area contributed by atoms with E-state index < -0.39 is 11.8 Å². The highest BCUT2D eigenvalue weighted by Crippen LogP contribution is 2.55. The van der Waals surface area contributed by atoms with Gasteiger partial charge in [-0.3, -0.25) is 0 Å². The topological polar surface area (TPSA) is 18.5 Å². The normalized spacial score (nSPS) is 34.8. The van der Waals surface area contributed by atoms with Crippen LogP contribution in [0.5, 0.6) is 0 Å². The van der Waals surface area contributed by atoms with Crippen molar-refractivity contribution in [1.29, 1.82) is 0 Å². The standard InChI is InChI=1S/C18H17FO2/c19-18-12-21-16(13-7-3-1-4-8-13)15(18)11-20-17(18)14-9-5-2-6-10-14/h1-10,15-17H,11-12H2/t15?,16-,17-,18-/m1/s1. The molecule has 2 aromatic carbocycles. The summed E-state index contributed by atoms with van der Waals surface area (Å²) in [5.74, 6) is -0.245. The maximum Gasteiger partial charge on any atom is 0.172 e. The van der Waals surface area contributed by atoms with Gasteiger partial charge in [0.15, 0.2) is 5.67 Å². The molecule has 4 atom stereocenters. The highest BCUT2D eigenvalue weighted by Gasteiger charge is 2.60. The van der Waals surface area contributed by atoms with Crippen molar-refractivity contribution in [3.63, 3.8) is 0 Å². The number of halogens is 1. The first-order chi connectivity index (χ1) is 10.3. The molecule has 0 N–H and O–H groups in total. The summed E-state index contributed by atoms with van der Waals surface area (Å²) in [6.07, 6.45) is -0.748. The first-order valence-corrected chi connectivity index (χ1v) is 7.31. The molecule has 0 spiro atoms. The minimum Gasteiger partial charge on any atom is -0.370 e. The molecule has 2 aliphatic rings. The van der Waals surface area contributed by atoms with E-state index in [9.17, 15) is 0 Å². The van der Waals surface area contributed by atoms with Crippen LogP contribution in [-0.4, -0.2) is 18.9 Å². The van der Waals surface area contributed by atoms with Crippen molar-refractivity contribution in [2.75, 3.05) is 13.2 Å². The van der Waals surface area contributed by atoms with Gasteiger partial charge in [-0.1, -0.05) is 60.7 Å². The Labute approximate surface area is 123 Å². The number of rotatable bonds is 2. The number of benzene rings is 2. The molecule has 2 heterocycles. The second-order valence-corrected chi connectivity index (χ2v) is 5.80. The van der Waals surface area contributed by atoms with Gasteiger partial charge in [0, 0.05) is 0 Å². The Bertz CT molecular complexity index is 616. The summed E-state index contributed by atoms with van der Waals surface area (Å²) >= 11 is 0. The Balaban J connectivity index is 1.66. The Kier molecular flexibility index (Phi) is 3.05. The van der Waals surface area contributed by atoms with E-state index in [-0.39, 0.29) is 18.6 Å². The van der Waals surface area contributed by atoms with Crippen molar-refractivity contribution >= 4 is 0 Å². The molecule has 4 rings (SSSR count). The van der Waals surface area contributed by atoms with Crippen molar-refractivity contribution in [3.8, 4) is 0 Å². The predicted octanol–water partition coefficient (Wildman–Crippen LogP) is 3.85. The van der Waals surface area contributed by atoms with Gasteiger partial charge in [-0.05, 0) is 11.1 Å². The SMILES string of the molecule is F[C@]12CO[C@H](c3ccccc3)C1CO[C@@H]2c1ccccc1. The van der Waals surface area contributed by atoms with Crippen molar-refractivity contribution in [3.05, 3.63) is 71.8 Å². The molecule has 21 heavy (non-hydrogen) atoms. The second kappa shape index (κ2) is 4.93. The van der Waals surface area contributed by atoms with E-state index in [0.717, 1.165) is 11.1 Å². The molecule has 108 valence electrons. The third-order valence-electron chi connectivity index (χ3n) is 4.57. The van der Waals surface area contributed by atoms with Crippen LogP contribution in [-0.2, 0) is 9.47 Å². The van der Waals surface area contributed by atoms with Crippen LogP contribution in [0.4, 0.5) is 4.39 Å². The van der Waals surface area contributed by atoms with Crippen molar-refractivity contribution in [1.82, 2.24) is 0 Å². The lowest BCUT2D eigenvalue weighted by molar-refractivity contribution is -0.0181. The number of hydrogen-bond acceptors (Lipinski definition) is 2. The number of ether oxygens (including phenoxy) is 2. The van der Waals surface area contributed by atoms with Crippen LogP contribution in [0.3, 0.4) is 0 Å². The van der Waals surface area contributed by atoms with Gasteiger partial charge in [-0.2, -0.15) is 0 Å². The molecule has 2 nitrogen and oxygen atoms in total. The van der Waals surface area contributed by atoms with Crippen molar-refractivity contribution < 1.29 is 13.9 Å². The smallest absolute Gasteiger partial charge is 0.172 e. The van der Waals surface area contributed by atoms with E-state index in [2.05, 4.69) is 0 Å². The highest BCUT2D eigenvalue weighted by atomic mass is 19.1. The van der Waals surface area contributed by atoms with Crippen LogP contribution in [0.15, 0.2) is 60.7 Å². The van der Waals surface area contributed by atoms with Gasteiger partial charge in [0.2, 0.25) is 0 Å². The summed E-state index contributed by atoms with van der Waals surface area (Å²) in [6, 6.07) is 19.5. The third kappa shape index (κ3) is 2.00. The fourth-order valence-electron chi connectivity index (χ4n) is 3.50. The minimum atomic E-state index is -1.44. The Morgan fingerprint density at radius 3 is 2.14 bits per heavy atom. The van der Waals surface area contributed by atoms with Gasteiger partial charge in [0.05, 0.1) is 25.2 Å². The molecule has 0 radical (unpaired) electrons. The summed E-state index contributed by atoms with van der Waals surface area (Å²) in [7, 11) is 0. The molecule has 2 aliphatic heterocycles. The van der Waals surface area contributed by atoms with Crippen LogP contribution in [0, 0.1) is 5.92 Å². The molecule has 3 heteroatoms. The minimum absolute atomic E-state index is 0.0940. The first kappa shape index (κ1) is 13.0. The lowest BCUT2D eigenvalue weighted by Gasteiger charge is -2.24. The van der Waals surface area contributed by atoms with Gasteiger partial charge < -0.3 is 9.47 Å². The highest BCUT2D eigenvalue weighted by molar-refractivity contribution is 5.28. The van der Waals surface area contributed by atoms with E-state index in [0.29, 0.717) is 6.61 Å². The maximum absolute atomic E-state index is 15.5. The number of hydrogen-bond donors (Lipinski definition) is 0. The monoisotopic (exact) mass is 284 g/mol. The fraction of sp³-hybridized carbons (Fsp3) is 0.333. The molecular formula is C18H17FO2. The van der Waals surface area contributed by atoms with Gasteiger partial charge in [0.25, 0.3) is 0 Å². The molecule has 0 bridgehead atoms. The summed E-state index contributed by atoms with van der Waals surface area (Å²) in [5.41, 5.74) is 0.473. The van der Waals surface area contributed by atoms with Gasteiger partial charge in [-0.25, -0.2) is 4.39 Å². The summed E-state index contributed by atoms with van der Waals surface area (Å²) < 4.78 is 27.1. The first-order valence-electron chi connectivity index (χ1n) is 7.31. The number of fused-ring (bicyclic) bond motifs is 1. The van der Waals surface area contributed by atoms with Crippen LogP contribution >= 0.6 is 0 Å². The molecule has 0 aliphatic carbocycles. The Hall–Kier alpha value is -1.71. The quantitative estimate of drug-likeness (QED) is 0.834. The van der Waals surface area contributed by atoms with Gasteiger partial charge >= 0.3 is 0 Å². The predicted molar refractivity (Wildman–Crippen MR) is 77.6 cm³/mol. The van der Waals surface area contributed by atoms with Crippen LogP contribution in [0.25, 0.3) is 0 Å². The molecule has 2 saturated heterocycles. The Morgan fingerprint density at radius 1 is 0.857 bits per heavy atom. The summed E-state index contributed by atoms with van der Waals surface area (Å²) in [4.78, 5) is 0. The van der Waals surface area contributed by atoms with E-state index in [1.807, 2.05) is 60.7 Å². The molecule has 0 aromatic heterocycles.